The molecule has 2 unspecified atom stereocenters. The molecule has 3 heteroatoms. The molecule has 1 nitrogen and oxygen atoms in total. The van der Waals surface area contributed by atoms with Gasteiger partial charge in [0.1, 0.15) is 0 Å². The van der Waals surface area contributed by atoms with Crippen LogP contribution in [0.25, 0.3) is 0 Å². The molecule has 0 aliphatic rings. The van der Waals surface area contributed by atoms with E-state index in [0.717, 1.165) is 22.9 Å². The minimum Gasteiger partial charge on any atom is -0.309 e. The fourth-order valence-electron chi connectivity index (χ4n) is 2.43. The van der Waals surface area contributed by atoms with Crippen molar-refractivity contribution in [2.24, 2.45) is 0 Å². The standard InChI is InChI=1S/C18H22ClNS/c1-3-16(21-17-13-9-8-12-15(17)19)18(20-4-2)14-10-6-5-7-11-14/h5-13,16,18,20H,3-4H2,1-2H3. The highest BCUT2D eigenvalue weighted by molar-refractivity contribution is 8.00. The molecule has 0 saturated heterocycles. The zero-order valence-corrected chi connectivity index (χ0v) is 14.1. The van der Waals surface area contributed by atoms with Crippen LogP contribution in [-0.2, 0) is 0 Å². The van der Waals surface area contributed by atoms with E-state index in [1.165, 1.54) is 5.56 Å². The lowest BCUT2D eigenvalue weighted by Crippen LogP contribution is -2.29. The number of thioether (sulfide) groups is 1. The summed E-state index contributed by atoms with van der Waals surface area (Å²) in [6, 6.07) is 19.1. The molecule has 1 N–H and O–H groups in total. The Hall–Kier alpha value is -0.960. The van der Waals surface area contributed by atoms with Crippen LogP contribution in [0.3, 0.4) is 0 Å². The first-order valence-electron chi connectivity index (χ1n) is 7.45. The first kappa shape index (κ1) is 16.4. The largest absolute Gasteiger partial charge is 0.309 e. The number of benzene rings is 2. The summed E-state index contributed by atoms with van der Waals surface area (Å²) in [4.78, 5) is 1.16. The van der Waals surface area contributed by atoms with Crippen LogP contribution < -0.4 is 5.32 Å². The van der Waals surface area contributed by atoms with Gasteiger partial charge in [-0.15, -0.1) is 11.8 Å². The molecule has 0 fully saturated rings. The number of rotatable bonds is 7. The lowest BCUT2D eigenvalue weighted by atomic mass is 10.0. The second-order valence-electron chi connectivity index (χ2n) is 4.94. The first-order valence-corrected chi connectivity index (χ1v) is 8.71. The summed E-state index contributed by atoms with van der Waals surface area (Å²) < 4.78 is 0. The van der Waals surface area contributed by atoms with E-state index in [1.54, 1.807) is 0 Å². The molecular formula is C18H22ClNS. The molecule has 0 radical (unpaired) electrons. The molecular weight excluding hydrogens is 298 g/mol. The third kappa shape index (κ3) is 4.50. The molecule has 0 heterocycles. The highest BCUT2D eigenvalue weighted by Gasteiger charge is 2.22. The number of hydrogen-bond donors (Lipinski definition) is 1. The topological polar surface area (TPSA) is 12.0 Å². The van der Waals surface area contributed by atoms with Gasteiger partial charge in [0.15, 0.2) is 0 Å². The van der Waals surface area contributed by atoms with Crippen LogP contribution >= 0.6 is 23.4 Å². The van der Waals surface area contributed by atoms with Crippen molar-refractivity contribution < 1.29 is 0 Å². The quantitative estimate of drug-likeness (QED) is 0.670. The summed E-state index contributed by atoms with van der Waals surface area (Å²) in [5.74, 6) is 0. The summed E-state index contributed by atoms with van der Waals surface area (Å²) in [6.45, 7) is 5.35. The molecule has 0 bridgehead atoms. The molecule has 2 aromatic rings. The lowest BCUT2D eigenvalue weighted by Gasteiger charge is -2.27. The Balaban J connectivity index is 2.22. The van der Waals surface area contributed by atoms with Crippen LogP contribution in [0.1, 0.15) is 31.9 Å². The van der Waals surface area contributed by atoms with Gasteiger partial charge in [0.25, 0.3) is 0 Å². The Labute approximate surface area is 137 Å². The second kappa shape index (κ2) is 8.47. The fourth-order valence-corrected chi connectivity index (χ4v) is 3.92. The van der Waals surface area contributed by atoms with E-state index < -0.39 is 0 Å². The molecule has 0 aliphatic carbocycles. The van der Waals surface area contributed by atoms with Gasteiger partial charge in [-0.25, -0.2) is 0 Å². The summed E-state index contributed by atoms with van der Waals surface area (Å²) in [7, 11) is 0. The minimum atomic E-state index is 0.336. The molecule has 112 valence electrons. The minimum absolute atomic E-state index is 0.336. The van der Waals surface area contributed by atoms with Crippen molar-refractivity contribution in [2.45, 2.75) is 36.5 Å². The Bertz CT molecular complexity index is 544. The van der Waals surface area contributed by atoms with Crippen LogP contribution in [0, 0.1) is 0 Å². The number of halogens is 1. The smallest absolute Gasteiger partial charge is 0.0541 e. The molecule has 0 aliphatic heterocycles. The Morgan fingerprint density at radius 1 is 1.00 bits per heavy atom. The van der Waals surface area contributed by atoms with E-state index in [4.69, 9.17) is 11.6 Å². The maximum absolute atomic E-state index is 6.31. The zero-order chi connectivity index (χ0) is 15.1. The molecule has 2 atom stereocenters. The van der Waals surface area contributed by atoms with Gasteiger partial charge in [-0.3, -0.25) is 0 Å². The van der Waals surface area contributed by atoms with Crippen LogP contribution in [0.2, 0.25) is 5.02 Å². The van der Waals surface area contributed by atoms with Gasteiger partial charge in [-0.2, -0.15) is 0 Å². The van der Waals surface area contributed by atoms with Crippen molar-refractivity contribution >= 4 is 23.4 Å². The van der Waals surface area contributed by atoms with Gasteiger partial charge in [-0.1, -0.05) is 67.9 Å². The molecule has 0 aromatic heterocycles. The van der Waals surface area contributed by atoms with Crippen LogP contribution in [0.5, 0.6) is 0 Å². The van der Waals surface area contributed by atoms with E-state index in [1.807, 2.05) is 30.0 Å². The highest BCUT2D eigenvalue weighted by Crippen LogP contribution is 2.37. The Morgan fingerprint density at radius 2 is 1.67 bits per heavy atom. The highest BCUT2D eigenvalue weighted by atomic mass is 35.5. The van der Waals surface area contributed by atoms with Crippen LogP contribution in [0.4, 0.5) is 0 Å². The van der Waals surface area contributed by atoms with Gasteiger partial charge in [0.05, 0.1) is 5.02 Å². The average Bonchev–Trinajstić information content (AvgIpc) is 2.53. The van der Waals surface area contributed by atoms with Crippen molar-refractivity contribution in [1.29, 1.82) is 0 Å². The second-order valence-corrected chi connectivity index (χ2v) is 6.63. The predicted molar refractivity (Wildman–Crippen MR) is 94.2 cm³/mol. The molecule has 0 saturated carbocycles. The van der Waals surface area contributed by atoms with Crippen LogP contribution in [-0.4, -0.2) is 11.8 Å². The van der Waals surface area contributed by atoms with E-state index in [-0.39, 0.29) is 0 Å². The van der Waals surface area contributed by atoms with Crippen LogP contribution in [0.15, 0.2) is 59.5 Å². The van der Waals surface area contributed by atoms with E-state index in [0.29, 0.717) is 11.3 Å². The SMILES string of the molecule is CCNC(c1ccccc1)C(CC)Sc1ccccc1Cl. The van der Waals surface area contributed by atoms with Crippen molar-refractivity contribution in [3.05, 3.63) is 65.2 Å². The van der Waals surface area contributed by atoms with Crippen molar-refractivity contribution in [3.63, 3.8) is 0 Å². The monoisotopic (exact) mass is 319 g/mol. The van der Waals surface area contributed by atoms with Crippen molar-refractivity contribution in [2.75, 3.05) is 6.54 Å². The maximum Gasteiger partial charge on any atom is 0.0541 e. The van der Waals surface area contributed by atoms with E-state index in [2.05, 4.69) is 55.6 Å². The van der Waals surface area contributed by atoms with E-state index >= 15 is 0 Å². The van der Waals surface area contributed by atoms with Crippen molar-refractivity contribution in [3.8, 4) is 0 Å². The summed E-state index contributed by atoms with van der Waals surface area (Å²) in [5.41, 5.74) is 1.34. The summed E-state index contributed by atoms with van der Waals surface area (Å²) in [5, 5.41) is 4.91. The third-order valence-corrected chi connectivity index (χ3v) is 5.43. The third-order valence-electron chi connectivity index (χ3n) is 3.47. The van der Waals surface area contributed by atoms with Gasteiger partial charge >= 0.3 is 0 Å². The lowest BCUT2D eigenvalue weighted by molar-refractivity contribution is 0.521. The molecule has 0 spiro atoms. The molecule has 0 amide bonds. The number of hydrogen-bond acceptors (Lipinski definition) is 2. The molecule has 21 heavy (non-hydrogen) atoms. The van der Waals surface area contributed by atoms with Gasteiger partial charge < -0.3 is 5.32 Å². The first-order chi connectivity index (χ1) is 10.3. The molecule has 2 rings (SSSR count). The maximum atomic E-state index is 6.31. The van der Waals surface area contributed by atoms with Gasteiger partial charge in [0.2, 0.25) is 0 Å². The van der Waals surface area contributed by atoms with Gasteiger partial charge in [0, 0.05) is 16.2 Å². The molecule has 2 aromatic carbocycles. The fraction of sp³-hybridized carbons (Fsp3) is 0.333. The Kier molecular flexibility index (Phi) is 6.62. The van der Waals surface area contributed by atoms with Gasteiger partial charge in [-0.05, 0) is 30.7 Å². The summed E-state index contributed by atoms with van der Waals surface area (Å²) >= 11 is 8.18. The summed E-state index contributed by atoms with van der Waals surface area (Å²) in [6.07, 6.45) is 1.09. The van der Waals surface area contributed by atoms with Crippen molar-refractivity contribution in [1.82, 2.24) is 5.32 Å². The normalized spacial score (nSPS) is 13.9. The Morgan fingerprint density at radius 3 is 2.29 bits per heavy atom. The predicted octanol–water partition coefficient (Wildman–Crippen LogP) is 5.56. The van der Waals surface area contributed by atoms with E-state index in [9.17, 15) is 0 Å². The number of nitrogens with one attached hydrogen (secondary N) is 1. The average molecular weight is 320 g/mol. The zero-order valence-electron chi connectivity index (χ0n) is 12.6.